The van der Waals surface area contributed by atoms with Gasteiger partial charge in [-0.3, -0.25) is 0 Å². The number of rotatable bonds is 5. The third kappa shape index (κ3) is 2.53. The maximum atomic E-state index is 6.29. The minimum Gasteiger partial charge on any atom is -0.313 e. The summed E-state index contributed by atoms with van der Waals surface area (Å²) in [7, 11) is 0. The van der Waals surface area contributed by atoms with E-state index < -0.39 is 0 Å². The molecule has 0 unspecified atom stereocenters. The second kappa shape index (κ2) is 5.35. The number of nitrogens with zero attached hydrogens (tertiary/aromatic N) is 2. The first kappa shape index (κ1) is 12.7. The second-order valence-electron chi connectivity index (χ2n) is 4.97. The van der Waals surface area contributed by atoms with Crippen LogP contribution in [0.4, 0.5) is 0 Å². The van der Waals surface area contributed by atoms with E-state index in [1.165, 1.54) is 24.1 Å². The molecule has 19 heavy (non-hydrogen) atoms. The number of benzene rings is 1. The molecular formula is C15H18ClN3. The van der Waals surface area contributed by atoms with E-state index in [-0.39, 0.29) is 0 Å². The van der Waals surface area contributed by atoms with E-state index in [9.17, 15) is 0 Å². The quantitative estimate of drug-likeness (QED) is 0.905. The SMILES string of the molecule is CCNCc1cnn(-c2ccccc2Cl)c1C1CC1. The fraction of sp³-hybridized carbons (Fsp3) is 0.400. The molecule has 0 saturated heterocycles. The van der Waals surface area contributed by atoms with Crippen LogP contribution in [-0.4, -0.2) is 16.3 Å². The van der Waals surface area contributed by atoms with Gasteiger partial charge in [0.25, 0.3) is 0 Å². The number of hydrogen-bond acceptors (Lipinski definition) is 2. The third-order valence-electron chi connectivity index (χ3n) is 3.50. The summed E-state index contributed by atoms with van der Waals surface area (Å²) in [5.41, 5.74) is 3.60. The predicted octanol–water partition coefficient (Wildman–Crippen LogP) is 3.51. The van der Waals surface area contributed by atoms with Gasteiger partial charge in [0.05, 0.1) is 22.6 Å². The highest BCUT2D eigenvalue weighted by molar-refractivity contribution is 6.32. The van der Waals surface area contributed by atoms with E-state index in [1.807, 2.05) is 35.1 Å². The Balaban J connectivity index is 2.02. The van der Waals surface area contributed by atoms with Gasteiger partial charge < -0.3 is 5.32 Å². The van der Waals surface area contributed by atoms with Crippen LogP contribution >= 0.6 is 11.6 Å². The summed E-state index contributed by atoms with van der Waals surface area (Å²) in [5.74, 6) is 0.646. The summed E-state index contributed by atoms with van der Waals surface area (Å²) in [5, 5.41) is 8.69. The van der Waals surface area contributed by atoms with Crippen molar-refractivity contribution in [3.63, 3.8) is 0 Å². The number of nitrogens with one attached hydrogen (secondary N) is 1. The van der Waals surface area contributed by atoms with E-state index in [0.29, 0.717) is 5.92 Å². The van der Waals surface area contributed by atoms with Crippen LogP contribution < -0.4 is 5.32 Å². The van der Waals surface area contributed by atoms with Crippen LogP contribution in [0.5, 0.6) is 0 Å². The summed E-state index contributed by atoms with van der Waals surface area (Å²) < 4.78 is 2.02. The molecule has 1 aliphatic rings. The van der Waals surface area contributed by atoms with Crippen molar-refractivity contribution in [1.82, 2.24) is 15.1 Å². The normalized spacial score (nSPS) is 14.8. The van der Waals surface area contributed by atoms with Crippen molar-refractivity contribution in [2.45, 2.75) is 32.2 Å². The van der Waals surface area contributed by atoms with Gasteiger partial charge in [0, 0.05) is 18.0 Å². The lowest BCUT2D eigenvalue weighted by molar-refractivity contribution is 0.714. The lowest BCUT2D eigenvalue weighted by Crippen LogP contribution is -2.13. The Morgan fingerprint density at radius 3 is 2.84 bits per heavy atom. The van der Waals surface area contributed by atoms with Crippen LogP contribution in [-0.2, 0) is 6.54 Å². The fourth-order valence-electron chi connectivity index (χ4n) is 2.40. The Hall–Kier alpha value is -1.32. The van der Waals surface area contributed by atoms with Crippen LogP contribution in [0.1, 0.15) is 36.9 Å². The first-order valence-corrected chi connectivity index (χ1v) is 7.21. The minimum atomic E-state index is 0.646. The molecule has 0 amide bonds. The molecule has 3 rings (SSSR count). The molecule has 1 aliphatic carbocycles. The van der Waals surface area contributed by atoms with E-state index in [1.54, 1.807) is 0 Å². The number of hydrogen-bond donors (Lipinski definition) is 1. The Bertz CT molecular complexity index is 573. The van der Waals surface area contributed by atoms with Gasteiger partial charge in [-0.15, -0.1) is 0 Å². The van der Waals surface area contributed by atoms with Crippen LogP contribution in [0.25, 0.3) is 5.69 Å². The largest absolute Gasteiger partial charge is 0.313 e. The molecule has 1 fully saturated rings. The van der Waals surface area contributed by atoms with Crippen molar-refractivity contribution in [3.05, 3.63) is 46.7 Å². The van der Waals surface area contributed by atoms with Gasteiger partial charge >= 0.3 is 0 Å². The molecule has 1 aromatic carbocycles. The summed E-state index contributed by atoms with van der Waals surface area (Å²) in [6.45, 7) is 3.98. The zero-order valence-corrected chi connectivity index (χ0v) is 11.8. The van der Waals surface area contributed by atoms with E-state index >= 15 is 0 Å². The standard InChI is InChI=1S/C15H18ClN3/c1-2-17-9-12-10-18-19(15(12)11-7-8-11)14-6-4-3-5-13(14)16/h3-6,10-11,17H,2,7-9H2,1H3. The highest BCUT2D eigenvalue weighted by Crippen LogP contribution is 2.43. The molecule has 4 heteroatoms. The molecule has 0 bridgehead atoms. The Kier molecular flexibility index (Phi) is 3.58. The summed E-state index contributed by atoms with van der Waals surface area (Å²) in [4.78, 5) is 0. The Morgan fingerprint density at radius 1 is 1.37 bits per heavy atom. The van der Waals surface area contributed by atoms with Gasteiger partial charge in [0.1, 0.15) is 0 Å². The molecule has 0 aliphatic heterocycles. The van der Waals surface area contributed by atoms with Crippen molar-refractivity contribution < 1.29 is 0 Å². The van der Waals surface area contributed by atoms with Gasteiger partial charge in [-0.1, -0.05) is 30.7 Å². The lowest BCUT2D eigenvalue weighted by atomic mass is 10.1. The highest BCUT2D eigenvalue weighted by atomic mass is 35.5. The predicted molar refractivity (Wildman–Crippen MR) is 77.9 cm³/mol. The van der Waals surface area contributed by atoms with Crippen LogP contribution in [0.3, 0.4) is 0 Å². The first-order chi connectivity index (χ1) is 9.31. The first-order valence-electron chi connectivity index (χ1n) is 6.83. The molecule has 3 nitrogen and oxygen atoms in total. The van der Waals surface area contributed by atoms with Gasteiger partial charge in [-0.05, 0) is 31.5 Å². The third-order valence-corrected chi connectivity index (χ3v) is 3.82. The van der Waals surface area contributed by atoms with Crippen LogP contribution in [0, 0.1) is 0 Å². The molecule has 2 aromatic rings. The van der Waals surface area contributed by atoms with Gasteiger partial charge in [0.15, 0.2) is 0 Å². The topological polar surface area (TPSA) is 29.9 Å². The summed E-state index contributed by atoms with van der Waals surface area (Å²) in [6, 6.07) is 7.90. The van der Waals surface area contributed by atoms with Crippen molar-refractivity contribution in [1.29, 1.82) is 0 Å². The molecule has 0 atom stereocenters. The van der Waals surface area contributed by atoms with Gasteiger partial charge in [0.2, 0.25) is 0 Å². The van der Waals surface area contributed by atoms with Crippen molar-refractivity contribution in [2.24, 2.45) is 0 Å². The Morgan fingerprint density at radius 2 is 2.16 bits per heavy atom. The zero-order valence-electron chi connectivity index (χ0n) is 11.1. The lowest BCUT2D eigenvalue weighted by Gasteiger charge is -2.10. The van der Waals surface area contributed by atoms with E-state index in [2.05, 4.69) is 17.3 Å². The number of halogens is 1. The van der Waals surface area contributed by atoms with E-state index in [4.69, 9.17) is 11.6 Å². The average molecular weight is 276 g/mol. The molecule has 1 heterocycles. The maximum Gasteiger partial charge on any atom is 0.0835 e. The zero-order chi connectivity index (χ0) is 13.2. The molecule has 0 radical (unpaired) electrons. The number of para-hydroxylation sites is 1. The van der Waals surface area contributed by atoms with Crippen molar-refractivity contribution >= 4 is 11.6 Å². The van der Waals surface area contributed by atoms with Gasteiger partial charge in [-0.2, -0.15) is 5.10 Å². The number of aromatic nitrogens is 2. The Labute approximate surface area is 118 Å². The summed E-state index contributed by atoms with van der Waals surface area (Å²) >= 11 is 6.29. The molecule has 1 saturated carbocycles. The molecule has 1 aromatic heterocycles. The van der Waals surface area contributed by atoms with Crippen LogP contribution in [0.15, 0.2) is 30.5 Å². The average Bonchev–Trinajstić information content (AvgIpc) is 3.18. The molecule has 1 N–H and O–H groups in total. The molecular weight excluding hydrogens is 258 g/mol. The van der Waals surface area contributed by atoms with Crippen molar-refractivity contribution in [2.75, 3.05) is 6.54 Å². The second-order valence-corrected chi connectivity index (χ2v) is 5.38. The maximum absolute atomic E-state index is 6.29. The van der Waals surface area contributed by atoms with Crippen LogP contribution in [0.2, 0.25) is 5.02 Å². The highest BCUT2D eigenvalue weighted by Gasteiger charge is 2.30. The fourth-order valence-corrected chi connectivity index (χ4v) is 2.61. The molecule has 0 spiro atoms. The van der Waals surface area contributed by atoms with Gasteiger partial charge in [-0.25, -0.2) is 4.68 Å². The van der Waals surface area contributed by atoms with E-state index in [0.717, 1.165) is 23.8 Å². The smallest absolute Gasteiger partial charge is 0.0835 e. The van der Waals surface area contributed by atoms with Crippen molar-refractivity contribution in [3.8, 4) is 5.69 Å². The minimum absolute atomic E-state index is 0.646. The monoisotopic (exact) mass is 275 g/mol. The molecule has 100 valence electrons. The summed E-state index contributed by atoms with van der Waals surface area (Å²) in [6.07, 6.45) is 4.49.